The third-order valence-electron chi connectivity index (χ3n) is 7.75. The third-order valence-corrected chi connectivity index (χ3v) is 7.75. The molecule has 0 spiro atoms. The molecule has 0 radical (unpaired) electrons. The number of esters is 1. The number of hydrogen-bond donors (Lipinski definition) is 1. The van der Waals surface area contributed by atoms with E-state index in [1.165, 1.54) is 37.7 Å². The van der Waals surface area contributed by atoms with Crippen molar-refractivity contribution in [3.63, 3.8) is 0 Å². The summed E-state index contributed by atoms with van der Waals surface area (Å²) in [6.45, 7) is 1.61. The molecule has 0 amide bonds. The molecule has 196 valence electrons. The molecular formula is C29H36N4O4. The van der Waals surface area contributed by atoms with E-state index in [0.29, 0.717) is 30.1 Å². The minimum Gasteiger partial charge on any atom is -0.497 e. The highest BCUT2D eigenvalue weighted by molar-refractivity contribution is 5.89. The lowest BCUT2D eigenvalue weighted by atomic mass is 9.85. The molecule has 1 saturated heterocycles. The predicted octanol–water partition coefficient (Wildman–Crippen LogP) is 4.57. The molecule has 1 aliphatic heterocycles. The van der Waals surface area contributed by atoms with Crippen molar-refractivity contribution < 1.29 is 19.4 Å². The van der Waals surface area contributed by atoms with Crippen LogP contribution in [0.5, 0.6) is 5.75 Å². The van der Waals surface area contributed by atoms with E-state index in [9.17, 15) is 9.90 Å². The number of piperidine rings is 1. The Morgan fingerprint density at radius 1 is 1.05 bits per heavy atom. The lowest BCUT2D eigenvalue weighted by Crippen LogP contribution is -2.48. The van der Waals surface area contributed by atoms with Crippen LogP contribution in [0.4, 0.5) is 0 Å². The van der Waals surface area contributed by atoms with Crippen molar-refractivity contribution in [1.29, 1.82) is 0 Å². The fourth-order valence-corrected chi connectivity index (χ4v) is 5.72. The number of carbonyl (C=O) groups excluding carboxylic acids is 1. The number of rotatable bonds is 8. The topological polar surface area (TPSA) is 89.7 Å². The van der Waals surface area contributed by atoms with Gasteiger partial charge in [-0.25, -0.2) is 9.48 Å². The van der Waals surface area contributed by atoms with Gasteiger partial charge in [-0.2, -0.15) is 0 Å². The molecule has 0 bridgehead atoms. The number of aromatic nitrogens is 3. The highest BCUT2D eigenvalue weighted by Crippen LogP contribution is 2.39. The van der Waals surface area contributed by atoms with Gasteiger partial charge in [0.25, 0.3) is 0 Å². The van der Waals surface area contributed by atoms with Gasteiger partial charge in [0, 0.05) is 19.1 Å². The van der Waals surface area contributed by atoms with Crippen molar-refractivity contribution in [2.45, 2.75) is 63.3 Å². The van der Waals surface area contributed by atoms with Gasteiger partial charge in [-0.15, -0.1) is 5.10 Å². The van der Waals surface area contributed by atoms with E-state index in [2.05, 4.69) is 27.3 Å². The number of aliphatic hydroxyl groups is 1. The van der Waals surface area contributed by atoms with E-state index in [1.54, 1.807) is 42.3 Å². The van der Waals surface area contributed by atoms with E-state index < -0.39 is 12.1 Å². The maximum Gasteiger partial charge on any atom is 0.338 e. The van der Waals surface area contributed by atoms with E-state index in [4.69, 9.17) is 9.47 Å². The van der Waals surface area contributed by atoms with Crippen LogP contribution in [-0.4, -0.2) is 57.3 Å². The average Bonchev–Trinajstić information content (AvgIpc) is 3.42. The van der Waals surface area contributed by atoms with Gasteiger partial charge < -0.3 is 14.6 Å². The van der Waals surface area contributed by atoms with E-state index in [-0.39, 0.29) is 18.7 Å². The number of aliphatic hydroxyl groups excluding tert-OH is 1. The summed E-state index contributed by atoms with van der Waals surface area (Å²) in [5.74, 6) is 1.11. The first-order valence-electron chi connectivity index (χ1n) is 13.3. The van der Waals surface area contributed by atoms with Crippen molar-refractivity contribution in [3.05, 3.63) is 77.6 Å². The van der Waals surface area contributed by atoms with Gasteiger partial charge in [0.1, 0.15) is 18.1 Å². The number of ether oxygens (including phenoxy) is 2. The predicted molar refractivity (Wildman–Crippen MR) is 139 cm³/mol. The van der Waals surface area contributed by atoms with Gasteiger partial charge in [-0.05, 0) is 55.0 Å². The van der Waals surface area contributed by atoms with Crippen LogP contribution < -0.4 is 4.74 Å². The van der Waals surface area contributed by atoms with Gasteiger partial charge in [0.15, 0.2) is 0 Å². The molecule has 3 atom stereocenters. The van der Waals surface area contributed by atoms with Crippen LogP contribution in [0, 0.1) is 5.92 Å². The Hall–Kier alpha value is -3.23. The van der Waals surface area contributed by atoms with E-state index in [0.717, 1.165) is 12.3 Å². The molecule has 2 aromatic carbocycles. The third kappa shape index (κ3) is 6.19. The number of β-amino-alcohol motifs (C(OH)–C–C–N with tert-alkyl or cyclic N) is 1. The van der Waals surface area contributed by atoms with Crippen LogP contribution in [0.15, 0.2) is 60.8 Å². The Bertz CT molecular complexity index is 1140. The van der Waals surface area contributed by atoms with Crippen LogP contribution in [0.3, 0.4) is 0 Å². The first-order chi connectivity index (χ1) is 18.1. The van der Waals surface area contributed by atoms with Crippen molar-refractivity contribution in [1.82, 2.24) is 19.9 Å². The summed E-state index contributed by atoms with van der Waals surface area (Å²) in [5, 5.41) is 19.7. The van der Waals surface area contributed by atoms with Gasteiger partial charge in [-0.3, -0.25) is 4.90 Å². The monoisotopic (exact) mass is 504 g/mol. The van der Waals surface area contributed by atoms with E-state index >= 15 is 0 Å². The fraction of sp³-hybridized carbons (Fsp3) is 0.483. The summed E-state index contributed by atoms with van der Waals surface area (Å²) in [6.07, 6.45) is 8.39. The molecule has 8 nitrogen and oxygen atoms in total. The van der Waals surface area contributed by atoms with Crippen LogP contribution >= 0.6 is 0 Å². The Labute approximate surface area is 218 Å². The summed E-state index contributed by atoms with van der Waals surface area (Å²) in [4.78, 5) is 14.7. The zero-order valence-electron chi connectivity index (χ0n) is 21.4. The van der Waals surface area contributed by atoms with Crippen LogP contribution in [0.2, 0.25) is 0 Å². The zero-order valence-corrected chi connectivity index (χ0v) is 21.4. The molecule has 8 heteroatoms. The Morgan fingerprint density at radius 2 is 1.81 bits per heavy atom. The van der Waals surface area contributed by atoms with Gasteiger partial charge in [0.2, 0.25) is 0 Å². The van der Waals surface area contributed by atoms with Crippen molar-refractivity contribution >= 4 is 5.97 Å². The molecule has 2 fully saturated rings. The summed E-state index contributed by atoms with van der Waals surface area (Å²) < 4.78 is 12.5. The molecule has 3 aromatic rings. The summed E-state index contributed by atoms with van der Waals surface area (Å²) in [5.41, 5.74) is 2.27. The largest absolute Gasteiger partial charge is 0.497 e. The summed E-state index contributed by atoms with van der Waals surface area (Å²) in [6, 6.07) is 17.1. The number of methoxy groups -OCH3 is 1. The van der Waals surface area contributed by atoms with Crippen molar-refractivity contribution in [2.75, 3.05) is 20.2 Å². The molecule has 2 heterocycles. The van der Waals surface area contributed by atoms with Gasteiger partial charge >= 0.3 is 5.97 Å². The molecule has 1 aromatic heterocycles. The maximum absolute atomic E-state index is 12.3. The highest BCUT2D eigenvalue weighted by atomic mass is 16.5. The second-order valence-electron chi connectivity index (χ2n) is 10.2. The number of hydrogen-bond acceptors (Lipinski definition) is 7. The van der Waals surface area contributed by atoms with Crippen molar-refractivity contribution in [3.8, 4) is 5.75 Å². The van der Waals surface area contributed by atoms with Gasteiger partial charge in [-0.1, -0.05) is 54.8 Å². The van der Waals surface area contributed by atoms with Crippen LogP contribution in [-0.2, 0) is 11.3 Å². The zero-order chi connectivity index (χ0) is 25.6. The minimum absolute atomic E-state index is 0.0340. The average molecular weight is 505 g/mol. The van der Waals surface area contributed by atoms with E-state index in [1.807, 2.05) is 18.2 Å². The standard InChI is InChI=1S/C29H36N4O4/c1-36-25-14-12-22(13-15-25)26-16-27(28(34)19-32(26)17-21-8-4-2-5-9-21)33-18-24(30-31-33)20-37-29(35)23-10-6-3-7-11-23/h3,6-7,10-15,18,21,26-28,34H,2,4-5,8-9,16-17,19-20H2,1H3/t26-,27+,28+/m1/s1. The summed E-state index contributed by atoms with van der Waals surface area (Å²) in [7, 11) is 1.68. The number of likely N-dealkylation sites (tertiary alicyclic amines) is 1. The second kappa shape index (κ2) is 11.9. The first kappa shape index (κ1) is 25.4. The summed E-state index contributed by atoms with van der Waals surface area (Å²) >= 11 is 0. The SMILES string of the molecule is COc1ccc([C@H]2C[C@H](n3cc(COC(=O)c4ccccc4)nn3)[C@@H](O)CN2CC2CCCCC2)cc1. The maximum atomic E-state index is 12.3. The Balaban J connectivity index is 1.29. The van der Waals surface area contributed by atoms with Crippen LogP contribution in [0.1, 0.15) is 72.2 Å². The molecule has 1 aliphatic carbocycles. The number of benzene rings is 2. The van der Waals surface area contributed by atoms with Crippen LogP contribution in [0.25, 0.3) is 0 Å². The number of nitrogens with zero attached hydrogens (tertiary/aromatic N) is 4. The lowest BCUT2D eigenvalue weighted by Gasteiger charge is -2.44. The molecule has 1 N–H and O–H groups in total. The molecule has 5 rings (SSSR count). The lowest BCUT2D eigenvalue weighted by molar-refractivity contribution is -0.0182. The highest BCUT2D eigenvalue weighted by Gasteiger charge is 2.38. The molecule has 37 heavy (non-hydrogen) atoms. The number of carbonyl (C=O) groups is 1. The van der Waals surface area contributed by atoms with Gasteiger partial charge in [0.05, 0.1) is 31.0 Å². The van der Waals surface area contributed by atoms with Crippen molar-refractivity contribution in [2.24, 2.45) is 5.92 Å². The Morgan fingerprint density at radius 3 is 2.54 bits per heavy atom. The fourth-order valence-electron chi connectivity index (χ4n) is 5.72. The molecular weight excluding hydrogens is 468 g/mol. The smallest absolute Gasteiger partial charge is 0.338 e. The normalized spacial score (nSPS) is 23.0. The second-order valence-corrected chi connectivity index (χ2v) is 10.2. The molecule has 2 aliphatic rings. The first-order valence-corrected chi connectivity index (χ1v) is 13.3. The molecule has 0 unspecified atom stereocenters. The Kier molecular flexibility index (Phi) is 8.16. The molecule has 1 saturated carbocycles. The minimum atomic E-state index is -0.570. The quantitative estimate of drug-likeness (QED) is 0.449.